The van der Waals surface area contributed by atoms with Crippen LogP contribution in [0.4, 0.5) is 8.78 Å². The third-order valence-electron chi connectivity index (χ3n) is 1.79. The van der Waals surface area contributed by atoms with Crippen LogP contribution in [0.1, 0.15) is 11.6 Å². The molecule has 0 fully saturated rings. The molecule has 0 aliphatic heterocycles. The van der Waals surface area contributed by atoms with Crippen molar-refractivity contribution < 1.29 is 13.9 Å². The third-order valence-corrected chi connectivity index (χ3v) is 2.45. The van der Waals surface area contributed by atoms with E-state index in [0.29, 0.717) is 0 Å². The standard InChI is InChI=1S/C8H9BrF2N2O.ClH/c9-7-5(2-1-3-13-7)6(12)8(10,11)4-14;/h1-3,6,14H,4,12H2;1H/t6-;/m1./s1. The first-order chi connectivity index (χ1) is 6.49. The minimum atomic E-state index is -3.34. The van der Waals surface area contributed by atoms with Crippen molar-refractivity contribution in [2.75, 3.05) is 6.61 Å². The predicted octanol–water partition coefficient (Wildman–Crippen LogP) is 1.89. The highest BCUT2D eigenvalue weighted by molar-refractivity contribution is 9.10. The Morgan fingerprint density at radius 2 is 2.20 bits per heavy atom. The molecule has 3 nitrogen and oxygen atoms in total. The minimum Gasteiger partial charge on any atom is -0.390 e. The summed E-state index contributed by atoms with van der Waals surface area (Å²) in [4.78, 5) is 3.77. The summed E-state index contributed by atoms with van der Waals surface area (Å²) in [5.74, 6) is -3.34. The van der Waals surface area contributed by atoms with Gasteiger partial charge in [-0.2, -0.15) is 0 Å². The van der Waals surface area contributed by atoms with E-state index in [-0.39, 0.29) is 22.6 Å². The highest BCUT2D eigenvalue weighted by Crippen LogP contribution is 2.31. The fourth-order valence-corrected chi connectivity index (χ4v) is 1.45. The molecule has 0 radical (unpaired) electrons. The fraction of sp³-hybridized carbons (Fsp3) is 0.375. The first-order valence-corrected chi connectivity index (χ1v) is 4.63. The molecule has 0 saturated carbocycles. The highest BCUT2D eigenvalue weighted by Gasteiger charge is 2.38. The van der Waals surface area contributed by atoms with Gasteiger partial charge in [0.15, 0.2) is 0 Å². The number of nitrogens with two attached hydrogens (primary N) is 1. The maximum absolute atomic E-state index is 13.0. The van der Waals surface area contributed by atoms with Crippen molar-refractivity contribution in [3.63, 3.8) is 0 Å². The number of aromatic nitrogens is 1. The lowest BCUT2D eigenvalue weighted by Gasteiger charge is -2.21. The van der Waals surface area contributed by atoms with E-state index in [2.05, 4.69) is 20.9 Å². The molecule has 0 amide bonds. The van der Waals surface area contributed by atoms with E-state index in [4.69, 9.17) is 10.8 Å². The summed E-state index contributed by atoms with van der Waals surface area (Å²) in [5.41, 5.74) is 5.48. The number of halogens is 4. The summed E-state index contributed by atoms with van der Waals surface area (Å²) in [5, 5.41) is 8.45. The average molecular weight is 304 g/mol. The van der Waals surface area contributed by atoms with Crippen molar-refractivity contribution in [3.8, 4) is 0 Å². The molecule has 0 unspecified atom stereocenters. The summed E-state index contributed by atoms with van der Waals surface area (Å²) < 4.78 is 26.2. The Morgan fingerprint density at radius 1 is 1.60 bits per heavy atom. The quantitative estimate of drug-likeness (QED) is 0.839. The van der Waals surface area contributed by atoms with Gasteiger partial charge in [0.2, 0.25) is 0 Å². The van der Waals surface area contributed by atoms with Crippen LogP contribution in [0.15, 0.2) is 22.9 Å². The van der Waals surface area contributed by atoms with Crippen LogP contribution in [0, 0.1) is 0 Å². The van der Waals surface area contributed by atoms with E-state index < -0.39 is 18.6 Å². The topological polar surface area (TPSA) is 59.1 Å². The van der Waals surface area contributed by atoms with Gasteiger partial charge in [-0.05, 0) is 22.0 Å². The second kappa shape index (κ2) is 5.69. The average Bonchev–Trinajstić information content (AvgIpc) is 2.17. The Bertz CT molecular complexity index is 327. The van der Waals surface area contributed by atoms with Crippen LogP contribution >= 0.6 is 28.3 Å². The Kier molecular flexibility index (Phi) is 5.58. The van der Waals surface area contributed by atoms with Gasteiger partial charge in [-0.15, -0.1) is 12.4 Å². The molecular formula is C8H10BrClF2N2O. The number of aliphatic hydroxyl groups excluding tert-OH is 1. The van der Waals surface area contributed by atoms with E-state index in [0.717, 1.165) is 0 Å². The maximum Gasteiger partial charge on any atom is 0.289 e. The molecule has 0 bridgehead atoms. The van der Waals surface area contributed by atoms with Crippen molar-refractivity contribution in [3.05, 3.63) is 28.5 Å². The number of nitrogens with zero attached hydrogens (tertiary/aromatic N) is 1. The van der Waals surface area contributed by atoms with Crippen LogP contribution in [0.2, 0.25) is 0 Å². The monoisotopic (exact) mass is 302 g/mol. The molecule has 3 N–H and O–H groups in total. The molecular weight excluding hydrogens is 293 g/mol. The van der Waals surface area contributed by atoms with E-state index in [1.54, 1.807) is 0 Å². The molecule has 0 spiro atoms. The molecule has 0 aromatic carbocycles. The lowest BCUT2D eigenvalue weighted by molar-refractivity contribution is -0.0714. The zero-order valence-corrected chi connectivity index (χ0v) is 9.93. The summed E-state index contributed by atoms with van der Waals surface area (Å²) in [6.45, 7) is -1.28. The number of alkyl halides is 2. The Labute approximate surface area is 100 Å². The van der Waals surface area contributed by atoms with Gasteiger partial charge in [0.1, 0.15) is 11.2 Å². The SMILES string of the molecule is Cl.N[C@H](c1cccnc1Br)C(F)(F)CO. The van der Waals surface area contributed by atoms with Crippen molar-refractivity contribution in [2.45, 2.75) is 12.0 Å². The summed E-state index contributed by atoms with van der Waals surface area (Å²) in [7, 11) is 0. The molecule has 1 rings (SSSR count). The summed E-state index contributed by atoms with van der Waals surface area (Å²) in [6, 6.07) is 1.38. The molecule has 1 heterocycles. The van der Waals surface area contributed by atoms with Crippen LogP contribution in [0.5, 0.6) is 0 Å². The second-order valence-electron chi connectivity index (χ2n) is 2.78. The lowest BCUT2D eigenvalue weighted by Crippen LogP contribution is -2.36. The van der Waals surface area contributed by atoms with Gasteiger partial charge in [-0.1, -0.05) is 6.07 Å². The van der Waals surface area contributed by atoms with Crippen LogP contribution in [0.25, 0.3) is 0 Å². The molecule has 0 aliphatic rings. The van der Waals surface area contributed by atoms with Crippen LogP contribution in [0.3, 0.4) is 0 Å². The van der Waals surface area contributed by atoms with Crippen LogP contribution < -0.4 is 5.73 Å². The van der Waals surface area contributed by atoms with Crippen LogP contribution in [-0.2, 0) is 0 Å². The fourth-order valence-electron chi connectivity index (χ4n) is 0.956. The van der Waals surface area contributed by atoms with Gasteiger partial charge in [-0.25, -0.2) is 13.8 Å². The lowest BCUT2D eigenvalue weighted by atomic mass is 10.0. The van der Waals surface area contributed by atoms with Gasteiger partial charge in [-0.3, -0.25) is 0 Å². The molecule has 7 heteroatoms. The molecule has 0 saturated heterocycles. The van der Waals surface area contributed by atoms with E-state index in [1.165, 1.54) is 18.3 Å². The highest BCUT2D eigenvalue weighted by atomic mass is 79.9. The normalized spacial score (nSPS) is 13.1. The van der Waals surface area contributed by atoms with Crippen LogP contribution in [-0.4, -0.2) is 22.6 Å². The van der Waals surface area contributed by atoms with Crippen molar-refractivity contribution in [1.29, 1.82) is 0 Å². The number of hydrogen-bond donors (Lipinski definition) is 2. The zero-order chi connectivity index (χ0) is 10.8. The predicted molar refractivity (Wildman–Crippen MR) is 58.1 cm³/mol. The van der Waals surface area contributed by atoms with Gasteiger partial charge in [0.25, 0.3) is 5.92 Å². The Hall–Kier alpha value is -0.300. The van der Waals surface area contributed by atoms with E-state index in [9.17, 15) is 8.78 Å². The smallest absolute Gasteiger partial charge is 0.289 e. The minimum absolute atomic E-state index is 0. The number of rotatable bonds is 3. The third kappa shape index (κ3) is 3.34. The first kappa shape index (κ1) is 14.7. The number of pyridine rings is 1. The van der Waals surface area contributed by atoms with Crippen molar-refractivity contribution in [1.82, 2.24) is 4.98 Å². The largest absolute Gasteiger partial charge is 0.390 e. The maximum atomic E-state index is 13.0. The second-order valence-corrected chi connectivity index (χ2v) is 3.53. The van der Waals surface area contributed by atoms with Crippen molar-refractivity contribution >= 4 is 28.3 Å². The molecule has 15 heavy (non-hydrogen) atoms. The summed E-state index contributed by atoms with van der Waals surface area (Å²) >= 11 is 3.01. The van der Waals surface area contributed by atoms with Gasteiger partial charge < -0.3 is 10.8 Å². The van der Waals surface area contributed by atoms with E-state index >= 15 is 0 Å². The van der Waals surface area contributed by atoms with Gasteiger partial charge in [0.05, 0.1) is 6.04 Å². The first-order valence-electron chi connectivity index (χ1n) is 3.83. The Balaban J connectivity index is 0.00000196. The van der Waals surface area contributed by atoms with Gasteiger partial charge >= 0.3 is 0 Å². The molecule has 0 aliphatic carbocycles. The van der Waals surface area contributed by atoms with Gasteiger partial charge in [0, 0.05) is 11.8 Å². The summed E-state index contributed by atoms with van der Waals surface area (Å²) in [6.07, 6.45) is 1.46. The molecule has 1 aromatic rings. The Morgan fingerprint density at radius 3 is 2.67 bits per heavy atom. The van der Waals surface area contributed by atoms with E-state index in [1.807, 2.05) is 0 Å². The number of hydrogen-bond acceptors (Lipinski definition) is 3. The molecule has 86 valence electrons. The zero-order valence-electron chi connectivity index (χ0n) is 7.53. The molecule has 1 atom stereocenters. The van der Waals surface area contributed by atoms with Crippen molar-refractivity contribution in [2.24, 2.45) is 5.73 Å². The molecule has 1 aromatic heterocycles. The number of aliphatic hydroxyl groups is 1.